The molecule has 0 amide bonds. The van der Waals surface area contributed by atoms with Crippen LogP contribution in [0.5, 0.6) is 0 Å². The fraction of sp³-hybridized carbons (Fsp3) is 0.600. The molecule has 0 aromatic heterocycles. The van der Waals surface area contributed by atoms with Crippen LogP contribution in [0.2, 0.25) is 0 Å². The van der Waals surface area contributed by atoms with Gasteiger partial charge < -0.3 is 20.4 Å². The van der Waals surface area contributed by atoms with Crippen molar-refractivity contribution in [1.29, 1.82) is 0 Å². The third-order valence-electron chi connectivity index (χ3n) is 24.2. The molecule has 12 aliphatic carbocycles. The van der Waals surface area contributed by atoms with E-state index in [4.69, 9.17) is 0 Å². The molecule has 4 nitrogen and oxygen atoms in total. The molecule has 0 spiro atoms. The zero-order valence-electron chi connectivity index (χ0n) is 54.4. The summed E-state index contributed by atoms with van der Waals surface area (Å²) in [7, 11) is 0. The maximum atomic E-state index is 10.3. The van der Waals surface area contributed by atoms with Crippen LogP contribution in [0, 0.1) is 69.0 Å². The van der Waals surface area contributed by atoms with E-state index in [1.807, 2.05) is 55.4 Å². The van der Waals surface area contributed by atoms with Crippen molar-refractivity contribution in [2.24, 2.45) is 69.0 Å². The van der Waals surface area contributed by atoms with E-state index in [0.717, 1.165) is 51.4 Å². The van der Waals surface area contributed by atoms with E-state index < -0.39 is 0 Å². The van der Waals surface area contributed by atoms with Crippen molar-refractivity contribution < 1.29 is 20.4 Å². The number of hydrogen-bond donors (Lipinski definition) is 4. The van der Waals surface area contributed by atoms with Crippen molar-refractivity contribution >= 4 is 22.3 Å². The van der Waals surface area contributed by atoms with Gasteiger partial charge in [0.2, 0.25) is 0 Å². The summed E-state index contributed by atoms with van der Waals surface area (Å²) in [5.74, 6) is 5.51. The summed E-state index contributed by atoms with van der Waals surface area (Å²) in [6.45, 7) is 25.2. The van der Waals surface area contributed by atoms with Crippen LogP contribution in [0.25, 0.3) is 22.3 Å². The van der Waals surface area contributed by atoms with E-state index in [1.165, 1.54) is 122 Å². The van der Waals surface area contributed by atoms with Crippen LogP contribution in [0.15, 0.2) is 121 Å². The number of allylic oxidation sites excluding steroid dienone is 8. The molecule has 4 saturated carbocycles. The van der Waals surface area contributed by atoms with Gasteiger partial charge >= 0.3 is 0 Å². The molecule has 12 aliphatic rings. The highest BCUT2D eigenvalue weighted by Crippen LogP contribution is 2.62. The Labute approximate surface area is 510 Å². The lowest BCUT2D eigenvalue weighted by Crippen LogP contribution is -2.39. The minimum absolute atomic E-state index is 0.0903. The highest BCUT2D eigenvalue weighted by Gasteiger charge is 2.55. The van der Waals surface area contributed by atoms with Crippen molar-refractivity contribution in [2.45, 2.75) is 236 Å². The lowest BCUT2D eigenvalue weighted by atomic mass is 9.60. The highest BCUT2D eigenvalue weighted by molar-refractivity contribution is 5.76. The van der Waals surface area contributed by atoms with Gasteiger partial charge in [-0.05, 0) is 243 Å². The first kappa shape index (κ1) is 64.2. The predicted octanol–water partition coefficient (Wildman–Crippen LogP) is 19.4. The zero-order chi connectivity index (χ0) is 60.1. The molecule has 0 heterocycles. The molecule has 0 radical (unpaired) electrons. The maximum Gasteiger partial charge on any atom is 0.0599 e. The molecule has 4 heteroatoms. The number of aryl methyl sites for hydroxylation is 4. The van der Waals surface area contributed by atoms with E-state index in [2.05, 4.69) is 149 Å². The van der Waals surface area contributed by atoms with Crippen molar-refractivity contribution in [2.75, 3.05) is 0 Å². The third-order valence-corrected chi connectivity index (χ3v) is 24.2. The van der Waals surface area contributed by atoms with Crippen LogP contribution in [0.3, 0.4) is 0 Å². The molecular formula is C80H112O4. The van der Waals surface area contributed by atoms with Gasteiger partial charge in [-0.2, -0.15) is 0 Å². The zero-order valence-corrected chi connectivity index (χ0v) is 54.4. The van der Waals surface area contributed by atoms with Gasteiger partial charge in [0, 0.05) is 21.7 Å². The molecule has 0 aliphatic heterocycles. The Hall–Kier alpha value is -4.32. The van der Waals surface area contributed by atoms with Crippen molar-refractivity contribution in [1.82, 2.24) is 0 Å². The molecule has 16 rings (SSSR count). The van der Waals surface area contributed by atoms with Crippen molar-refractivity contribution in [3.63, 3.8) is 0 Å². The van der Waals surface area contributed by atoms with Gasteiger partial charge in [0.1, 0.15) is 0 Å². The van der Waals surface area contributed by atoms with Crippen LogP contribution < -0.4 is 0 Å². The van der Waals surface area contributed by atoms with E-state index in [-0.39, 0.29) is 46.1 Å². The third kappa shape index (κ3) is 11.5. The molecule has 456 valence electrons. The molecule has 0 bridgehead atoms. The SMILES string of the molecule is CC.CC.CC.CC.C[C@@]12CC=C3c4ccccc4CC[C@@H]3[C@H]1CCC2O.C[C@@]12CC=C3c4ccccc4CC[C@@H]3[C@H]1CC[C@H]2O.C[C@]12CC=C3c4ccccc4CCC3[C@@H]1CCC2O.C[C@]12CC=C3c4ccccc4CCC3[C@@H]1CC[C@@H]2O. The number of rotatable bonds is 0. The second kappa shape index (κ2) is 27.4. The Morgan fingerprint density at radius 1 is 0.274 bits per heavy atom. The van der Waals surface area contributed by atoms with Crippen LogP contribution in [-0.4, -0.2) is 44.8 Å². The number of hydrogen-bond acceptors (Lipinski definition) is 4. The van der Waals surface area contributed by atoms with Gasteiger partial charge in [0.15, 0.2) is 0 Å². The smallest absolute Gasteiger partial charge is 0.0599 e. The standard InChI is InChI=1S/4C18H22O.4C2H6/c4*1-18-11-10-14-13-5-3-2-4-12(13)6-7-15(14)16(18)8-9-17(18)19;4*1-2/h4*2-5,10,15-17,19H,6-9,11H2,1H3;4*1-2H3/t15?,16-,17?,18-;15?,16-,17-,18-;15-,16+,17?,18+;15-,16+,17+,18+;;;;/m0000..../s1. The first-order valence-corrected chi connectivity index (χ1v) is 34.7. The molecule has 0 saturated heterocycles. The Morgan fingerprint density at radius 2 is 0.464 bits per heavy atom. The van der Waals surface area contributed by atoms with Crippen LogP contribution >= 0.6 is 0 Å². The molecule has 4 fully saturated rings. The molecular weight excluding hydrogens is 1020 g/mol. The normalized spacial score (nSPS) is 36.6. The number of aliphatic hydroxyl groups excluding tert-OH is 4. The van der Waals surface area contributed by atoms with Crippen LogP contribution in [-0.2, 0) is 25.7 Å². The van der Waals surface area contributed by atoms with E-state index in [0.29, 0.717) is 47.3 Å². The Balaban J connectivity index is 0.000000129. The fourth-order valence-electron chi connectivity index (χ4n) is 19.6. The molecule has 4 N–H and O–H groups in total. The van der Waals surface area contributed by atoms with E-state index in [1.54, 1.807) is 22.3 Å². The van der Waals surface area contributed by atoms with Crippen LogP contribution in [0.1, 0.15) is 230 Å². The average Bonchev–Trinajstić information content (AvgIpc) is 1.92. The summed E-state index contributed by atoms with van der Waals surface area (Å²) in [5, 5.41) is 41.4. The average molecular weight is 1140 g/mol. The van der Waals surface area contributed by atoms with Crippen molar-refractivity contribution in [3.05, 3.63) is 166 Å². The maximum absolute atomic E-state index is 10.3. The largest absolute Gasteiger partial charge is 0.393 e. The number of fused-ring (bicyclic) bond motifs is 20. The molecule has 84 heavy (non-hydrogen) atoms. The molecule has 16 atom stereocenters. The minimum atomic E-state index is -0.0903. The Bertz CT molecular complexity index is 2580. The Kier molecular flexibility index (Phi) is 20.9. The van der Waals surface area contributed by atoms with Gasteiger partial charge in [-0.15, -0.1) is 0 Å². The monoisotopic (exact) mass is 1140 g/mol. The van der Waals surface area contributed by atoms with Gasteiger partial charge in [-0.1, -0.05) is 204 Å². The molecule has 4 aromatic rings. The second-order valence-electron chi connectivity index (χ2n) is 27.5. The van der Waals surface area contributed by atoms with Gasteiger partial charge in [0.05, 0.1) is 24.4 Å². The summed E-state index contributed by atoms with van der Waals surface area (Å²) in [4.78, 5) is 0. The van der Waals surface area contributed by atoms with E-state index >= 15 is 0 Å². The minimum Gasteiger partial charge on any atom is -0.393 e. The highest BCUT2D eigenvalue weighted by atomic mass is 16.3. The number of benzene rings is 4. The van der Waals surface area contributed by atoms with Crippen molar-refractivity contribution in [3.8, 4) is 0 Å². The summed E-state index contributed by atoms with van der Waals surface area (Å²) in [5.41, 5.74) is 18.9. The van der Waals surface area contributed by atoms with Gasteiger partial charge in [-0.3, -0.25) is 0 Å². The molecule has 4 aromatic carbocycles. The first-order valence-electron chi connectivity index (χ1n) is 34.7. The molecule has 4 unspecified atom stereocenters. The summed E-state index contributed by atoms with van der Waals surface area (Å²) in [6.07, 6.45) is 32.4. The topological polar surface area (TPSA) is 80.9 Å². The summed E-state index contributed by atoms with van der Waals surface area (Å²) in [6, 6.07) is 35.6. The van der Waals surface area contributed by atoms with Gasteiger partial charge in [0.25, 0.3) is 0 Å². The predicted molar refractivity (Wildman–Crippen MR) is 356 cm³/mol. The summed E-state index contributed by atoms with van der Waals surface area (Å²) < 4.78 is 0. The van der Waals surface area contributed by atoms with E-state index in [9.17, 15) is 20.4 Å². The van der Waals surface area contributed by atoms with Crippen LogP contribution in [0.4, 0.5) is 0 Å². The fourth-order valence-corrected chi connectivity index (χ4v) is 19.6. The Morgan fingerprint density at radius 3 is 0.667 bits per heavy atom. The number of aliphatic hydroxyl groups is 4. The second-order valence-corrected chi connectivity index (χ2v) is 27.5. The lowest BCUT2D eigenvalue weighted by molar-refractivity contribution is 0.0251. The first-order chi connectivity index (χ1) is 40.8. The quantitative estimate of drug-likeness (QED) is 0.141. The van der Waals surface area contributed by atoms with Gasteiger partial charge in [-0.25, -0.2) is 0 Å². The summed E-state index contributed by atoms with van der Waals surface area (Å²) >= 11 is 0. The lowest BCUT2D eigenvalue weighted by Gasteiger charge is -2.45.